The molecule has 1 aromatic heterocycles. The van der Waals surface area contributed by atoms with Crippen LogP contribution in [-0.2, 0) is 24.3 Å². The van der Waals surface area contributed by atoms with Crippen LogP contribution in [0, 0.1) is 11.7 Å². The molecule has 150 valence electrons. The number of hydrogen-bond acceptors (Lipinski definition) is 7. The summed E-state index contributed by atoms with van der Waals surface area (Å²) in [7, 11) is -3.97. The molecule has 0 radical (unpaired) electrons. The molecule has 1 aliphatic rings. The maximum atomic E-state index is 13.8. The minimum Gasteiger partial charge on any atom is -0.455 e. The molecule has 1 fully saturated rings. The molecule has 1 amide bonds. The minimum absolute atomic E-state index is 0.0571. The predicted octanol–water partition coefficient (Wildman–Crippen LogP) is 1.40. The van der Waals surface area contributed by atoms with Crippen molar-refractivity contribution >= 4 is 27.7 Å². The summed E-state index contributed by atoms with van der Waals surface area (Å²) in [6.07, 6.45) is 1.72. The van der Waals surface area contributed by atoms with Gasteiger partial charge in [0, 0.05) is 19.2 Å². The third-order valence-electron chi connectivity index (χ3n) is 4.29. The van der Waals surface area contributed by atoms with Gasteiger partial charge in [0.25, 0.3) is 5.91 Å². The maximum absolute atomic E-state index is 13.8. The summed E-state index contributed by atoms with van der Waals surface area (Å²) in [5, 5.41) is 5.89. The van der Waals surface area contributed by atoms with E-state index in [1.807, 2.05) is 0 Å². The summed E-state index contributed by atoms with van der Waals surface area (Å²) in [4.78, 5) is 23.4. The number of nitrogens with one attached hydrogen (secondary N) is 1. The Kier molecular flexibility index (Phi) is 6.05. The molecule has 1 aromatic carbocycles. The standard InChI is InChI=1S/C17H18FN3O6S/c18-13-3-1-2-4-14(13)28(24,25)21-8-5-12(6-9-21)17(23)26-11-16(22)19-15-7-10-27-20-15/h1-4,7,10,12H,5-6,8-9,11H2,(H,19,20,22). The van der Waals surface area contributed by atoms with Gasteiger partial charge in [-0.25, -0.2) is 12.8 Å². The second kappa shape index (κ2) is 8.48. The highest BCUT2D eigenvalue weighted by atomic mass is 32.2. The van der Waals surface area contributed by atoms with Gasteiger partial charge < -0.3 is 14.6 Å². The van der Waals surface area contributed by atoms with Crippen LogP contribution < -0.4 is 5.32 Å². The van der Waals surface area contributed by atoms with Crippen LogP contribution in [0.25, 0.3) is 0 Å². The molecule has 9 nitrogen and oxygen atoms in total. The van der Waals surface area contributed by atoms with Crippen molar-refractivity contribution in [2.45, 2.75) is 17.7 Å². The lowest BCUT2D eigenvalue weighted by atomic mass is 9.98. The van der Waals surface area contributed by atoms with Crippen molar-refractivity contribution in [3.63, 3.8) is 0 Å². The summed E-state index contributed by atoms with van der Waals surface area (Å²) in [6.45, 7) is -0.372. The highest BCUT2D eigenvalue weighted by Crippen LogP contribution is 2.25. The maximum Gasteiger partial charge on any atom is 0.309 e. The second-order valence-corrected chi connectivity index (χ2v) is 8.06. The fourth-order valence-corrected chi connectivity index (χ4v) is 4.37. The van der Waals surface area contributed by atoms with E-state index in [0.717, 1.165) is 10.4 Å². The molecule has 1 N–H and O–H groups in total. The van der Waals surface area contributed by atoms with E-state index in [1.54, 1.807) is 0 Å². The van der Waals surface area contributed by atoms with E-state index in [1.165, 1.54) is 30.5 Å². The van der Waals surface area contributed by atoms with Gasteiger partial charge in [0.15, 0.2) is 12.4 Å². The Balaban J connectivity index is 1.50. The molecule has 0 atom stereocenters. The van der Waals surface area contributed by atoms with Crippen molar-refractivity contribution in [2.75, 3.05) is 25.0 Å². The van der Waals surface area contributed by atoms with Gasteiger partial charge in [-0.2, -0.15) is 4.31 Å². The topological polar surface area (TPSA) is 119 Å². The first-order valence-corrected chi connectivity index (χ1v) is 9.93. The van der Waals surface area contributed by atoms with Gasteiger partial charge in [0.05, 0.1) is 5.92 Å². The second-order valence-electron chi connectivity index (χ2n) is 6.15. The first-order valence-electron chi connectivity index (χ1n) is 8.49. The normalized spacial score (nSPS) is 15.9. The van der Waals surface area contributed by atoms with Gasteiger partial charge in [-0.05, 0) is 25.0 Å². The largest absolute Gasteiger partial charge is 0.455 e. The molecule has 0 bridgehead atoms. The van der Waals surface area contributed by atoms with Crippen LogP contribution in [0.15, 0.2) is 46.0 Å². The summed E-state index contributed by atoms with van der Waals surface area (Å²) < 4.78 is 49.6. The highest BCUT2D eigenvalue weighted by molar-refractivity contribution is 7.89. The van der Waals surface area contributed by atoms with Crippen molar-refractivity contribution in [1.82, 2.24) is 9.46 Å². The van der Waals surface area contributed by atoms with E-state index in [2.05, 4.69) is 15.0 Å². The number of rotatable bonds is 6. The van der Waals surface area contributed by atoms with E-state index < -0.39 is 40.2 Å². The van der Waals surface area contributed by atoms with E-state index in [9.17, 15) is 22.4 Å². The molecular weight excluding hydrogens is 393 g/mol. The lowest BCUT2D eigenvalue weighted by Crippen LogP contribution is -2.41. The van der Waals surface area contributed by atoms with E-state index in [4.69, 9.17) is 4.74 Å². The Bertz CT molecular complexity index is 940. The van der Waals surface area contributed by atoms with Crippen LogP contribution >= 0.6 is 0 Å². The van der Waals surface area contributed by atoms with Gasteiger partial charge in [-0.3, -0.25) is 9.59 Å². The smallest absolute Gasteiger partial charge is 0.309 e. The van der Waals surface area contributed by atoms with Gasteiger partial charge in [-0.1, -0.05) is 17.3 Å². The molecule has 0 unspecified atom stereocenters. The van der Waals surface area contributed by atoms with Crippen LogP contribution in [0.5, 0.6) is 0 Å². The van der Waals surface area contributed by atoms with Crippen molar-refractivity contribution < 1.29 is 31.7 Å². The van der Waals surface area contributed by atoms with E-state index in [0.29, 0.717) is 0 Å². The zero-order chi connectivity index (χ0) is 20.1. The number of esters is 1. The molecule has 2 aromatic rings. The number of aromatic nitrogens is 1. The molecule has 28 heavy (non-hydrogen) atoms. The number of hydrogen-bond donors (Lipinski definition) is 1. The van der Waals surface area contributed by atoms with Crippen molar-refractivity contribution in [3.05, 3.63) is 42.4 Å². The number of sulfonamides is 1. The number of ether oxygens (including phenoxy) is 1. The van der Waals surface area contributed by atoms with Gasteiger partial charge >= 0.3 is 5.97 Å². The Morgan fingerprint density at radius 1 is 1.25 bits per heavy atom. The fourth-order valence-electron chi connectivity index (χ4n) is 2.84. The Labute approximate surface area is 160 Å². The number of anilines is 1. The lowest BCUT2D eigenvalue weighted by molar-refractivity contribution is -0.152. The number of benzene rings is 1. The fraction of sp³-hybridized carbons (Fsp3) is 0.353. The van der Waals surface area contributed by atoms with Crippen LogP contribution in [-0.4, -0.2) is 49.5 Å². The zero-order valence-corrected chi connectivity index (χ0v) is 15.5. The van der Waals surface area contributed by atoms with Crippen LogP contribution in [0.3, 0.4) is 0 Å². The van der Waals surface area contributed by atoms with Crippen LogP contribution in [0.2, 0.25) is 0 Å². The number of halogens is 1. The Morgan fingerprint density at radius 3 is 2.61 bits per heavy atom. The SMILES string of the molecule is O=C(COC(=O)C1CCN(S(=O)(=O)c2ccccc2F)CC1)Nc1ccon1. The molecule has 11 heteroatoms. The van der Waals surface area contributed by atoms with Gasteiger partial charge in [-0.15, -0.1) is 0 Å². The Morgan fingerprint density at radius 2 is 1.96 bits per heavy atom. The van der Waals surface area contributed by atoms with Crippen molar-refractivity contribution in [2.24, 2.45) is 5.92 Å². The summed E-state index contributed by atoms with van der Waals surface area (Å²) in [6, 6.07) is 6.59. The monoisotopic (exact) mass is 411 g/mol. The molecule has 1 aliphatic heterocycles. The number of carbonyl (C=O) groups excluding carboxylic acids is 2. The first kappa shape index (κ1) is 20.0. The van der Waals surface area contributed by atoms with E-state index >= 15 is 0 Å². The average Bonchev–Trinajstić information content (AvgIpc) is 3.19. The number of piperidine rings is 1. The quantitative estimate of drug-likeness (QED) is 0.714. The van der Waals surface area contributed by atoms with Crippen LogP contribution in [0.4, 0.5) is 10.2 Å². The molecule has 0 saturated carbocycles. The first-order chi connectivity index (χ1) is 13.4. The molecule has 3 rings (SSSR count). The molecule has 0 spiro atoms. The van der Waals surface area contributed by atoms with E-state index in [-0.39, 0.29) is 36.6 Å². The number of carbonyl (C=O) groups is 2. The third kappa shape index (κ3) is 4.54. The molecule has 0 aliphatic carbocycles. The highest BCUT2D eigenvalue weighted by Gasteiger charge is 2.34. The number of nitrogens with zero attached hydrogens (tertiary/aromatic N) is 2. The summed E-state index contributed by atoms with van der Waals surface area (Å²) >= 11 is 0. The van der Waals surface area contributed by atoms with Crippen LogP contribution in [0.1, 0.15) is 12.8 Å². The average molecular weight is 411 g/mol. The van der Waals surface area contributed by atoms with Crippen molar-refractivity contribution in [1.29, 1.82) is 0 Å². The summed E-state index contributed by atoms with van der Waals surface area (Å²) in [5.41, 5.74) is 0. The summed E-state index contributed by atoms with van der Waals surface area (Å²) in [5.74, 6) is -2.30. The third-order valence-corrected chi connectivity index (χ3v) is 6.22. The van der Waals surface area contributed by atoms with Gasteiger partial charge in [0.2, 0.25) is 10.0 Å². The van der Waals surface area contributed by atoms with Crippen molar-refractivity contribution in [3.8, 4) is 0 Å². The molecular formula is C17H18FN3O6S. The van der Waals surface area contributed by atoms with Gasteiger partial charge in [0.1, 0.15) is 17.0 Å². The molecule has 1 saturated heterocycles. The number of amides is 1. The lowest BCUT2D eigenvalue weighted by Gasteiger charge is -2.30. The minimum atomic E-state index is -3.97. The predicted molar refractivity (Wildman–Crippen MR) is 94.0 cm³/mol. The Hall–Kier alpha value is -2.79. The zero-order valence-electron chi connectivity index (χ0n) is 14.7. The molecule has 2 heterocycles.